The monoisotopic (exact) mass is 519 g/mol. The van der Waals surface area contributed by atoms with E-state index in [2.05, 4.69) is 9.82 Å². The van der Waals surface area contributed by atoms with E-state index >= 15 is 0 Å². The standard InChI is InChI=1S/C24H33N5O6S/c1-24(2,3)35-23(31)27-11-10-20-19(15-27)21-22(30)28(12-16-6-8-18(34-4)9-7-16)13-17(14-29(21)25-20)26-36(5,32)33/h6-9,17,26H,10-15H2,1-5H3. The largest absolute Gasteiger partial charge is 0.497 e. The fraction of sp³-hybridized carbons (Fsp3) is 0.542. The average Bonchev–Trinajstić information content (AvgIpc) is 3.07. The van der Waals surface area contributed by atoms with Crippen LogP contribution in [0.5, 0.6) is 5.75 Å². The number of nitrogens with one attached hydrogen (secondary N) is 1. The van der Waals surface area contributed by atoms with E-state index in [1.54, 1.807) is 21.6 Å². The highest BCUT2D eigenvalue weighted by Crippen LogP contribution is 2.28. The minimum atomic E-state index is -3.52. The number of carbonyl (C=O) groups excluding carboxylic acids is 2. The zero-order valence-electron chi connectivity index (χ0n) is 21.3. The first-order valence-corrected chi connectivity index (χ1v) is 13.7. The number of hydrogen-bond donors (Lipinski definition) is 1. The van der Waals surface area contributed by atoms with Crippen molar-refractivity contribution in [3.63, 3.8) is 0 Å². The lowest BCUT2D eigenvalue weighted by molar-refractivity contribution is 0.0222. The van der Waals surface area contributed by atoms with Crippen LogP contribution in [0, 0.1) is 0 Å². The maximum absolute atomic E-state index is 13.8. The maximum atomic E-state index is 13.8. The summed E-state index contributed by atoms with van der Waals surface area (Å²) in [6.45, 7) is 6.70. The quantitative estimate of drug-likeness (QED) is 0.639. The molecule has 0 saturated carbocycles. The van der Waals surface area contributed by atoms with Crippen LogP contribution in [0.2, 0.25) is 0 Å². The molecule has 2 aliphatic heterocycles. The van der Waals surface area contributed by atoms with Crippen LogP contribution in [-0.2, 0) is 40.8 Å². The molecule has 1 N–H and O–H groups in total. The first kappa shape index (κ1) is 26.0. The Labute approximate surface area is 211 Å². The third-order valence-corrected chi connectivity index (χ3v) is 6.75. The van der Waals surface area contributed by atoms with Crippen molar-refractivity contribution in [3.8, 4) is 5.75 Å². The van der Waals surface area contributed by atoms with Crippen LogP contribution >= 0.6 is 0 Å². The molecular formula is C24H33N5O6S. The van der Waals surface area contributed by atoms with Crippen molar-refractivity contribution in [2.24, 2.45) is 0 Å². The van der Waals surface area contributed by atoms with Crippen molar-refractivity contribution in [2.75, 3.05) is 26.5 Å². The number of ether oxygens (including phenoxy) is 2. The highest BCUT2D eigenvalue weighted by atomic mass is 32.2. The van der Waals surface area contributed by atoms with E-state index in [0.717, 1.165) is 17.5 Å². The van der Waals surface area contributed by atoms with Gasteiger partial charge in [0.05, 0.1) is 38.2 Å². The SMILES string of the molecule is COc1ccc(CN2CC(NS(C)(=O)=O)Cn3nc4c(c3C2=O)CN(C(=O)OC(C)(C)C)CC4)cc1. The van der Waals surface area contributed by atoms with Crippen LogP contribution in [0.15, 0.2) is 24.3 Å². The number of aromatic nitrogens is 2. The van der Waals surface area contributed by atoms with Crippen LogP contribution in [-0.4, -0.2) is 78.1 Å². The molecule has 0 radical (unpaired) electrons. The molecule has 0 bridgehead atoms. The van der Waals surface area contributed by atoms with Crippen LogP contribution in [0.4, 0.5) is 4.79 Å². The van der Waals surface area contributed by atoms with Crippen molar-refractivity contribution in [2.45, 2.75) is 58.5 Å². The van der Waals surface area contributed by atoms with Crippen LogP contribution in [0.1, 0.15) is 48.1 Å². The lowest BCUT2D eigenvalue weighted by atomic mass is 10.0. The zero-order chi connectivity index (χ0) is 26.3. The number of methoxy groups -OCH3 is 1. The summed E-state index contributed by atoms with van der Waals surface area (Å²) in [6.07, 6.45) is 1.13. The number of nitrogens with zero attached hydrogens (tertiary/aromatic N) is 4. The molecule has 12 heteroatoms. The average molecular weight is 520 g/mol. The topological polar surface area (TPSA) is 123 Å². The highest BCUT2D eigenvalue weighted by molar-refractivity contribution is 7.88. The van der Waals surface area contributed by atoms with E-state index in [-0.39, 0.29) is 32.1 Å². The molecule has 11 nitrogen and oxygen atoms in total. The zero-order valence-corrected chi connectivity index (χ0v) is 22.1. The molecule has 0 saturated heterocycles. The third kappa shape index (κ3) is 5.98. The molecule has 36 heavy (non-hydrogen) atoms. The van der Waals surface area contributed by atoms with Crippen molar-refractivity contribution in [1.82, 2.24) is 24.3 Å². The summed E-state index contributed by atoms with van der Waals surface area (Å²) in [6, 6.07) is 6.80. The van der Waals surface area contributed by atoms with Crippen molar-refractivity contribution in [1.29, 1.82) is 0 Å². The molecule has 0 spiro atoms. The highest BCUT2D eigenvalue weighted by Gasteiger charge is 2.37. The van der Waals surface area contributed by atoms with E-state index in [4.69, 9.17) is 9.47 Å². The lowest BCUT2D eigenvalue weighted by Gasteiger charge is -2.30. The second-order valence-electron chi connectivity index (χ2n) is 10.2. The molecular weight excluding hydrogens is 486 g/mol. The van der Waals surface area contributed by atoms with Gasteiger partial charge in [-0.3, -0.25) is 9.48 Å². The summed E-state index contributed by atoms with van der Waals surface area (Å²) >= 11 is 0. The van der Waals surface area contributed by atoms with Gasteiger partial charge in [0, 0.05) is 31.6 Å². The molecule has 1 aromatic carbocycles. The third-order valence-electron chi connectivity index (χ3n) is 5.99. The van der Waals surface area contributed by atoms with E-state index in [1.807, 2.05) is 45.0 Å². The lowest BCUT2D eigenvalue weighted by Crippen LogP contribution is -2.45. The molecule has 2 amide bonds. The van der Waals surface area contributed by atoms with Gasteiger partial charge in [0.1, 0.15) is 17.0 Å². The summed E-state index contributed by atoms with van der Waals surface area (Å²) in [5, 5.41) is 4.65. The summed E-state index contributed by atoms with van der Waals surface area (Å²) in [7, 11) is -1.94. The predicted octanol–water partition coefficient (Wildman–Crippen LogP) is 1.76. The number of sulfonamides is 1. The van der Waals surface area contributed by atoms with Gasteiger partial charge in [-0.15, -0.1) is 0 Å². The smallest absolute Gasteiger partial charge is 0.410 e. The number of benzene rings is 1. The van der Waals surface area contributed by atoms with Gasteiger partial charge in [-0.25, -0.2) is 17.9 Å². The van der Waals surface area contributed by atoms with Crippen LogP contribution in [0.3, 0.4) is 0 Å². The number of carbonyl (C=O) groups is 2. The Balaban J connectivity index is 1.67. The minimum absolute atomic E-state index is 0.172. The normalized spacial score (nSPS) is 18.4. The second kappa shape index (κ2) is 9.74. The Morgan fingerprint density at radius 3 is 2.50 bits per heavy atom. The Morgan fingerprint density at radius 1 is 1.19 bits per heavy atom. The van der Waals surface area contributed by atoms with Gasteiger partial charge in [-0.1, -0.05) is 12.1 Å². The minimum Gasteiger partial charge on any atom is -0.497 e. The van der Waals surface area contributed by atoms with Gasteiger partial charge in [0.15, 0.2) is 0 Å². The van der Waals surface area contributed by atoms with Crippen molar-refractivity contribution in [3.05, 3.63) is 46.8 Å². The fourth-order valence-electron chi connectivity index (χ4n) is 4.51. The van der Waals surface area contributed by atoms with Crippen molar-refractivity contribution < 1.29 is 27.5 Å². The molecule has 2 aliphatic rings. The van der Waals surface area contributed by atoms with Crippen LogP contribution in [0.25, 0.3) is 0 Å². The maximum Gasteiger partial charge on any atom is 0.410 e. The molecule has 4 rings (SSSR count). The van der Waals surface area contributed by atoms with E-state index in [9.17, 15) is 18.0 Å². The molecule has 1 aromatic heterocycles. The van der Waals surface area contributed by atoms with Crippen molar-refractivity contribution >= 4 is 22.0 Å². The molecule has 196 valence electrons. The number of rotatable bonds is 5. The van der Waals surface area contributed by atoms with Gasteiger partial charge >= 0.3 is 6.09 Å². The number of fused-ring (bicyclic) bond motifs is 3. The Kier molecular flexibility index (Phi) is 7.02. The summed E-state index contributed by atoms with van der Waals surface area (Å²) in [5.74, 6) is 0.440. The number of amides is 2. The summed E-state index contributed by atoms with van der Waals surface area (Å²) < 4.78 is 39.1. The molecule has 0 fully saturated rings. The fourth-order valence-corrected chi connectivity index (χ4v) is 5.26. The first-order chi connectivity index (χ1) is 16.8. The molecule has 0 aliphatic carbocycles. The van der Waals surface area contributed by atoms with Gasteiger partial charge in [0.25, 0.3) is 5.91 Å². The Morgan fingerprint density at radius 2 is 1.89 bits per heavy atom. The molecule has 1 unspecified atom stereocenters. The van der Waals surface area contributed by atoms with Gasteiger partial charge < -0.3 is 19.3 Å². The molecule has 3 heterocycles. The van der Waals surface area contributed by atoms with Gasteiger partial charge in [-0.05, 0) is 38.5 Å². The van der Waals surface area contributed by atoms with E-state index in [0.29, 0.717) is 30.0 Å². The van der Waals surface area contributed by atoms with E-state index in [1.165, 1.54) is 0 Å². The van der Waals surface area contributed by atoms with Gasteiger partial charge in [-0.2, -0.15) is 5.10 Å². The van der Waals surface area contributed by atoms with E-state index < -0.39 is 27.8 Å². The first-order valence-electron chi connectivity index (χ1n) is 11.8. The molecule has 1 atom stereocenters. The Bertz CT molecular complexity index is 1250. The van der Waals surface area contributed by atoms with Gasteiger partial charge in [0.2, 0.25) is 10.0 Å². The predicted molar refractivity (Wildman–Crippen MR) is 132 cm³/mol. The summed E-state index contributed by atoms with van der Waals surface area (Å²) in [5.41, 5.74) is 2.03. The Hall–Kier alpha value is -3.12. The number of hydrogen-bond acceptors (Lipinski definition) is 7. The second-order valence-corrected chi connectivity index (χ2v) is 12.0. The summed E-state index contributed by atoms with van der Waals surface area (Å²) in [4.78, 5) is 29.8. The molecule has 2 aromatic rings. The van der Waals surface area contributed by atoms with Crippen LogP contribution < -0.4 is 9.46 Å².